The van der Waals surface area contributed by atoms with E-state index in [1.165, 1.54) is 24.3 Å². The lowest BCUT2D eigenvalue weighted by Gasteiger charge is -2.13. The first-order valence-electron chi connectivity index (χ1n) is 7.39. The summed E-state index contributed by atoms with van der Waals surface area (Å²) >= 11 is 0. The van der Waals surface area contributed by atoms with E-state index in [0.29, 0.717) is 0 Å². The lowest BCUT2D eigenvalue weighted by Crippen LogP contribution is -2.19. The molecule has 0 N–H and O–H groups in total. The standard InChI is InChI=1S/C18H12F4O4/c1-24-17(23)15-7-10-6-11(19)8-13(16(10)26-15)12-4-2-3-5-14(12)25-9-18(20,21)22/h2-8H,9H2,1H3. The van der Waals surface area contributed by atoms with Crippen molar-refractivity contribution in [2.24, 2.45) is 0 Å². The van der Waals surface area contributed by atoms with E-state index in [2.05, 4.69) is 4.74 Å². The van der Waals surface area contributed by atoms with Gasteiger partial charge >= 0.3 is 12.1 Å². The van der Waals surface area contributed by atoms with Crippen molar-refractivity contribution in [1.82, 2.24) is 0 Å². The van der Waals surface area contributed by atoms with Crippen molar-refractivity contribution < 1.29 is 36.2 Å². The maximum absolute atomic E-state index is 14.0. The Hall–Kier alpha value is -3.03. The zero-order chi connectivity index (χ0) is 18.9. The predicted octanol–water partition coefficient (Wildman–Crippen LogP) is 4.97. The first-order chi connectivity index (χ1) is 12.3. The molecule has 4 nitrogen and oxygen atoms in total. The molecule has 0 fully saturated rings. The third-order valence-corrected chi connectivity index (χ3v) is 3.54. The molecular formula is C18H12F4O4. The highest BCUT2D eigenvalue weighted by Crippen LogP contribution is 2.37. The Labute approximate surface area is 144 Å². The molecular weight excluding hydrogens is 356 g/mol. The number of ether oxygens (including phenoxy) is 2. The number of carbonyl (C=O) groups is 1. The van der Waals surface area contributed by atoms with Crippen molar-refractivity contribution in [3.63, 3.8) is 0 Å². The zero-order valence-corrected chi connectivity index (χ0v) is 13.4. The number of carbonyl (C=O) groups excluding carboxylic acids is 1. The molecule has 0 spiro atoms. The molecule has 1 heterocycles. The van der Waals surface area contributed by atoms with Gasteiger partial charge in [0.05, 0.1) is 7.11 Å². The minimum absolute atomic E-state index is 0.0901. The number of furan rings is 1. The molecule has 136 valence electrons. The number of para-hydroxylation sites is 1. The summed E-state index contributed by atoms with van der Waals surface area (Å²) in [5.41, 5.74) is 0.495. The number of benzene rings is 2. The van der Waals surface area contributed by atoms with E-state index in [1.54, 1.807) is 6.07 Å². The molecule has 3 aromatic rings. The maximum atomic E-state index is 14.0. The normalized spacial score (nSPS) is 11.6. The molecule has 3 rings (SSSR count). The third kappa shape index (κ3) is 3.63. The summed E-state index contributed by atoms with van der Waals surface area (Å²) < 4.78 is 66.3. The van der Waals surface area contributed by atoms with E-state index in [9.17, 15) is 22.4 Å². The molecule has 26 heavy (non-hydrogen) atoms. The van der Waals surface area contributed by atoms with Crippen LogP contribution in [0.5, 0.6) is 5.75 Å². The van der Waals surface area contributed by atoms with Crippen molar-refractivity contribution in [1.29, 1.82) is 0 Å². The molecule has 0 aliphatic carbocycles. The number of hydrogen-bond donors (Lipinski definition) is 0. The van der Waals surface area contributed by atoms with Gasteiger partial charge in [-0.1, -0.05) is 18.2 Å². The van der Waals surface area contributed by atoms with Gasteiger partial charge in [0.2, 0.25) is 5.76 Å². The van der Waals surface area contributed by atoms with Gasteiger partial charge in [0.25, 0.3) is 0 Å². The topological polar surface area (TPSA) is 48.7 Å². The summed E-state index contributed by atoms with van der Waals surface area (Å²) in [6.07, 6.45) is -4.52. The summed E-state index contributed by atoms with van der Waals surface area (Å²) in [6.45, 7) is -1.49. The van der Waals surface area contributed by atoms with E-state index in [4.69, 9.17) is 9.15 Å². The van der Waals surface area contributed by atoms with Crippen LogP contribution in [0.25, 0.3) is 22.1 Å². The van der Waals surface area contributed by atoms with Crippen LogP contribution in [0, 0.1) is 5.82 Å². The SMILES string of the molecule is COC(=O)c1cc2cc(F)cc(-c3ccccc3OCC(F)(F)F)c2o1. The van der Waals surface area contributed by atoms with Crippen molar-refractivity contribution in [3.8, 4) is 16.9 Å². The quantitative estimate of drug-likeness (QED) is 0.482. The Kier molecular flexibility index (Phi) is 4.58. The summed E-state index contributed by atoms with van der Waals surface area (Å²) in [5.74, 6) is -1.64. The summed E-state index contributed by atoms with van der Waals surface area (Å²) in [4.78, 5) is 11.6. The Morgan fingerprint density at radius 1 is 1.12 bits per heavy atom. The monoisotopic (exact) mass is 368 g/mol. The van der Waals surface area contributed by atoms with Gasteiger partial charge in [-0.25, -0.2) is 9.18 Å². The van der Waals surface area contributed by atoms with Crippen LogP contribution < -0.4 is 4.74 Å². The van der Waals surface area contributed by atoms with Gasteiger partial charge in [0, 0.05) is 16.5 Å². The minimum Gasteiger partial charge on any atom is -0.483 e. The second-order valence-electron chi connectivity index (χ2n) is 5.37. The molecule has 0 unspecified atom stereocenters. The Bertz CT molecular complexity index is 959. The zero-order valence-electron chi connectivity index (χ0n) is 13.4. The molecule has 1 aromatic heterocycles. The fourth-order valence-corrected chi connectivity index (χ4v) is 2.49. The van der Waals surface area contributed by atoms with Crippen LogP contribution in [-0.4, -0.2) is 25.9 Å². The van der Waals surface area contributed by atoms with Crippen LogP contribution in [0.15, 0.2) is 46.9 Å². The van der Waals surface area contributed by atoms with Gasteiger partial charge < -0.3 is 13.9 Å². The van der Waals surface area contributed by atoms with Crippen molar-refractivity contribution in [2.45, 2.75) is 6.18 Å². The minimum atomic E-state index is -4.52. The van der Waals surface area contributed by atoms with Gasteiger partial charge in [-0.2, -0.15) is 13.2 Å². The second-order valence-corrected chi connectivity index (χ2v) is 5.37. The lowest BCUT2D eigenvalue weighted by atomic mass is 10.0. The van der Waals surface area contributed by atoms with Crippen molar-refractivity contribution >= 4 is 16.9 Å². The Balaban J connectivity index is 2.13. The van der Waals surface area contributed by atoms with Crippen molar-refractivity contribution in [2.75, 3.05) is 13.7 Å². The van der Waals surface area contributed by atoms with Gasteiger partial charge in [0.1, 0.15) is 17.1 Å². The molecule has 0 amide bonds. The van der Waals surface area contributed by atoms with E-state index in [1.807, 2.05) is 0 Å². The highest BCUT2D eigenvalue weighted by Gasteiger charge is 2.29. The van der Waals surface area contributed by atoms with Crippen LogP contribution in [0.2, 0.25) is 0 Å². The highest BCUT2D eigenvalue weighted by molar-refractivity contribution is 5.99. The molecule has 0 atom stereocenters. The summed E-state index contributed by atoms with van der Waals surface area (Å²) in [5, 5.41) is 0.269. The number of rotatable bonds is 4. The van der Waals surface area contributed by atoms with Crippen LogP contribution in [0.3, 0.4) is 0 Å². The molecule has 8 heteroatoms. The summed E-state index contributed by atoms with van der Waals surface area (Å²) in [7, 11) is 1.16. The highest BCUT2D eigenvalue weighted by atomic mass is 19.4. The van der Waals surface area contributed by atoms with Gasteiger partial charge in [-0.3, -0.25) is 0 Å². The molecule has 0 bridgehead atoms. The van der Waals surface area contributed by atoms with Crippen molar-refractivity contribution in [3.05, 3.63) is 54.0 Å². The number of methoxy groups -OCH3 is 1. The average molecular weight is 368 g/mol. The first kappa shape index (κ1) is 17.8. The fraction of sp³-hybridized carbons (Fsp3) is 0.167. The lowest BCUT2D eigenvalue weighted by molar-refractivity contribution is -0.153. The number of esters is 1. The van der Waals surface area contributed by atoms with E-state index >= 15 is 0 Å². The number of alkyl halides is 3. The van der Waals surface area contributed by atoms with E-state index in [0.717, 1.165) is 19.2 Å². The molecule has 0 saturated heterocycles. The van der Waals surface area contributed by atoms with Crippen LogP contribution in [-0.2, 0) is 4.74 Å². The molecule has 0 aliphatic rings. The molecule has 0 saturated carbocycles. The number of fused-ring (bicyclic) bond motifs is 1. The Morgan fingerprint density at radius 3 is 2.54 bits per heavy atom. The smallest absolute Gasteiger partial charge is 0.422 e. The Morgan fingerprint density at radius 2 is 1.85 bits per heavy atom. The largest absolute Gasteiger partial charge is 0.483 e. The van der Waals surface area contributed by atoms with E-state index < -0.39 is 24.6 Å². The first-order valence-corrected chi connectivity index (χ1v) is 7.39. The third-order valence-electron chi connectivity index (χ3n) is 3.54. The van der Waals surface area contributed by atoms with E-state index in [-0.39, 0.29) is 33.6 Å². The van der Waals surface area contributed by atoms with Gasteiger partial charge in [-0.05, 0) is 24.3 Å². The molecule has 0 radical (unpaired) electrons. The predicted molar refractivity (Wildman–Crippen MR) is 84.5 cm³/mol. The molecule has 0 aliphatic heterocycles. The van der Waals surface area contributed by atoms with Crippen LogP contribution in [0.4, 0.5) is 17.6 Å². The average Bonchev–Trinajstić information content (AvgIpc) is 3.02. The van der Waals surface area contributed by atoms with Crippen LogP contribution in [0.1, 0.15) is 10.6 Å². The number of halogens is 4. The second kappa shape index (κ2) is 6.70. The van der Waals surface area contributed by atoms with Crippen LogP contribution >= 0.6 is 0 Å². The van der Waals surface area contributed by atoms with Gasteiger partial charge in [-0.15, -0.1) is 0 Å². The maximum Gasteiger partial charge on any atom is 0.422 e. The molecule has 2 aromatic carbocycles. The number of hydrogen-bond acceptors (Lipinski definition) is 4. The van der Waals surface area contributed by atoms with Gasteiger partial charge in [0.15, 0.2) is 6.61 Å². The summed E-state index contributed by atoms with van der Waals surface area (Å²) in [6, 6.07) is 9.41. The fourth-order valence-electron chi connectivity index (χ4n) is 2.49.